The first kappa shape index (κ1) is 22.6. The van der Waals surface area contributed by atoms with E-state index < -0.39 is 16.1 Å². The summed E-state index contributed by atoms with van der Waals surface area (Å²) in [5, 5.41) is 5.73. The van der Waals surface area contributed by atoms with Crippen molar-refractivity contribution in [2.45, 2.75) is 43.5 Å². The second-order valence-corrected chi connectivity index (χ2v) is 10.9. The molecule has 168 valence electrons. The van der Waals surface area contributed by atoms with Gasteiger partial charge >= 0.3 is 0 Å². The van der Waals surface area contributed by atoms with E-state index in [0.717, 1.165) is 28.2 Å². The first-order valence-corrected chi connectivity index (χ1v) is 13.1. The number of carbonyl (C=O) groups excluding carboxylic acids is 1. The molecule has 1 saturated carbocycles. The Morgan fingerprint density at radius 1 is 1.16 bits per heavy atom. The van der Waals surface area contributed by atoms with Gasteiger partial charge in [0, 0.05) is 17.5 Å². The minimum Gasteiger partial charge on any atom is -0.355 e. The molecule has 3 aromatic rings. The summed E-state index contributed by atoms with van der Waals surface area (Å²) in [6.45, 7) is 2.47. The van der Waals surface area contributed by atoms with Crippen LogP contribution in [0.1, 0.15) is 29.8 Å². The van der Waals surface area contributed by atoms with Gasteiger partial charge in [0.1, 0.15) is 6.04 Å². The van der Waals surface area contributed by atoms with E-state index in [9.17, 15) is 13.2 Å². The summed E-state index contributed by atoms with van der Waals surface area (Å²) < 4.78 is 29.1. The van der Waals surface area contributed by atoms with Gasteiger partial charge in [0.2, 0.25) is 15.9 Å². The highest BCUT2D eigenvalue weighted by atomic mass is 32.2. The van der Waals surface area contributed by atoms with E-state index >= 15 is 0 Å². The largest absolute Gasteiger partial charge is 0.355 e. The zero-order chi connectivity index (χ0) is 22.6. The van der Waals surface area contributed by atoms with Crippen LogP contribution in [0.5, 0.6) is 0 Å². The number of nitrogens with one attached hydrogen (secondary N) is 2. The maximum Gasteiger partial charge on any atom is 0.241 e. The fourth-order valence-electron chi connectivity index (χ4n) is 3.54. The summed E-state index contributed by atoms with van der Waals surface area (Å²) >= 11 is 1.51. The molecule has 0 unspecified atom stereocenters. The lowest BCUT2D eigenvalue weighted by atomic mass is 10.1. The van der Waals surface area contributed by atoms with Crippen molar-refractivity contribution < 1.29 is 13.2 Å². The molecule has 1 amide bonds. The van der Waals surface area contributed by atoms with Crippen LogP contribution in [0.4, 0.5) is 0 Å². The van der Waals surface area contributed by atoms with Crippen molar-refractivity contribution in [3.8, 4) is 11.3 Å². The minimum atomic E-state index is -3.91. The molecule has 1 aliphatic rings. The molecule has 1 atom stereocenters. The number of rotatable bonds is 10. The van der Waals surface area contributed by atoms with Gasteiger partial charge in [0.05, 0.1) is 15.6 Å². The molecule has 0 aliphatic heterocycles. The lowest BCUT2D eigenvalue weighted by Gasteiger charge is -2.19. The van der Waals surface area contributed by atoms with E-state index in [1.807, 2.05) is 48.7 Å². The Balaban J connectivity index is 1.53. The van der Waals surface area contributed by atoms with Gasteiger partial charge in [0.25, 0.3) is 0 Å². The highest BCUT2D eigenvalue weighted by Crippen LogP contribution is 2.31. The van der Waals surface area contributed by atoms with Crippen molar-refractivity contribution >= 4 is 27.3 Å². The van der Waals surface area contributed by atoms with Gasteiger partial charge in [0.15, 0.2) is 0 Å². The summed E-state index contributed by atoms with van der Waals surface area (Å²) in [7, 11) is -3.91. The lowest BCUT2D eigenvalue weighted by Crippen LogP contribution is -2.48. The van der Waals surface area contributed by atoms with Gasteiger partial charge in [-0.1, -0.05) is 55.3 Å². The van der Waals surface area contributed by atoms with Gasteiger partial charge in [-0.05, 0) is 43.4 Å². The first-order chi connectivity index (χ1) is 15.4. The molecule has 32 heavy (non-hydrogen) atoms. The third-order valence-electron chi connectivity index (χ3n) is 5.50. The maximum absolute atomic E-state index is 13.2. The predicted molar refractivity (Wildman–Crippen MR) is 127 cm³/mol. The second kappa shape index (κ2) is 9.94. The van der Waals surface area contributed by atoms with Gasteiger partial charge in [-0.3, -0.25) is 4.79 Å². The average molecular weight is 470 g/mol. The van der Waals surface area contributed by atoms with Crippen LogP contribution in [-0.2, 0) is 21.2 Å². The molecular formula is C24H27N3O3S2. The van der Waals surface area contributed by atoms with Gasteiger partial charge in [-0.15, -0.1) is 11.3 Å². The van der Waals surface area contributed by atoms with Crippen LogP contribution in [0, 0.1) is 12.8 Å². The molecule has 0 spiro atoms. The normalized spacial score (nSPS) is 14.8. The van der Waals surface area contributed by atoms with Crippen LogP contribution < -0.4 is 10.0 Å². The number of thiazole rings is 1. The number of amides is 1. The van der Waals surface area contributed by atoms with E-state index in [-0.39, 0.29) is 17.2 Å². The van der Waals surface area contributed by atoms with Crippen LogP contribution >= 0.6 is 11.3 Å². The Morgan fingerprint density at radius 3 is 2.62 bits per heavy atom. The topological polar surface area (TPSA) is 88.2 Å². The number of nitrogens with zero attached hydrogens (tertiary/aromatic N) is 1. The summed E-state index contributed by atoms with van der Waals surface area (Å²) in [5.74, 6) is 0.390. The van der Waals surface area contributed by atoms with Crippen molar-refractivity contribution in [2.24, 2.45) is 5.92 Å². The number of sulfonamides is 1. The number of hydrogen-bond donors (Lipinski definition) is 2. The molecule has 1 fully saturated rings. The van der Waals surface area contributed by atoms with Gasteiger partial charge < -0.3 is 5.32 Å². The quantitative estimate of drug-likeness (QED) is 0.471. The minimum absolute atomic E-state index is 0.115. The molecule has 0 saturated heterocycles. The summed E-state index contributed by atoms with van der Waals surface area (Å²) in [6, 6.07) is 15.2. The molecule has 6 nitrogen and oxygen atoms in total. The lowest BCUT2D eigenvalue weighted by molar-refractivity contribution is -0.122. The Bertz CT molecular complexity index is 1170. The third-order valence-corrected chi connectivity index (χ3v) is 7.75. The fraction of sp³-hybridized carbons (Fsp3) is 0.333. The Labute approximate surface area is 193 Å². The SMILES string of the molecule is Cc1nc(-c2cccc(S(=O)(=O)N[C@@H](Cc3ccccc3)C(=O)NCCC3CC3)c2)cs1. The van der Waals surface area contributed by atoms with Crippen LogP contribution in [0.2, 0.25) is 0 Å². The maximum atomic E-state index is 13.2. The molecule has 1 aliphatic carbocycles. The molecule has 1 heterocycles. The van der Waals surface area contributed by atoms with E-state index in [1.54, 1.807) is 12.1 Å². The first-order valence-electron chi connectivity index (χ1n) is 10.8. The number of benzene rings is 2. The van der Waals surface area contributed by atoms with Crippen molar-refractivity contribution in [2.75, 3.05) is 6.54 Å². The van der Waals surface area contributed by atoms with Crippen LogP contribution in [0.3, 0.4) is 0 Å². The van der Waals surface area contributed by atoms with Crippen LogP contribution in [-0.4, -0.2) is 31.9 Å². The van der Waals surface area contributed by atoms with Gasteiger partial charge in [-0.25, -0.2) is 13.4 Å². The Kier molecular flexibility index (Phi) is 7.03. The van der Waals surface area contributed by atoms with E-state index in [4.69, 9.17) is 0 Å². The van der Waals surface area contributed by atoms with Crippen molar-refractivity contribution in [3.05, 3.63) is 70.5 Å². The smallest absolute Gasteiger partial charge is 0.241 e. The van der Waals surface area contributed by atoms with E-state index in [1.165, 1.54) is 30.2 Å². The molecule has 2 N–H and O–H groups in total. The highest BCUT2D eigenvalue weighted by Gasteiger charge is 2.27. The second-order valence-electron chi connectivity index (χ2n) is 8.17. The number of aromatic nitrogens is 1. The zero-order valence-corrected chi connectivity index (χ0v) is 19.6. The molecule has 0 radical (unpaired) electrons. The Hall–Kier alpha value is -2.55. The molecular weight excluding hydrogens is 442 g/mol. The molecule has 2 aromatic carbocycles. The highest BCUT2D eigenvalue weighted by molar-refractivity contribution is 7.89. The predicted octanol–water partition coefficient (Wildman–Crippen LogP) is 3.92. The van der Waals surface area contributed by atoms with Crippen molar-refractivity contribution in [3.63, 3.8) is 0 Å². The fourth-order valence-corrected chi connectivity index (χ4v) is 5.40. The molecule has 4 rings (SSSR count). The van der Waals surface area contributed by atoms with Crippen molar-refractivity contribution in [1.82, 2.24) is 15.0 Å². The van der Waals surface area contributed by atoms with Crippen LogP contribution in [0.25, 0.3) is 11.3 Å². The zero-order valence-electron chi connectivity index (χ0n) is 18.0. The monoisotopic (exact) mass is 469 g/mol. The van der Waals surface area contributed by atoms with E-state index in [2.05, 4.69) is 15.0 Å². The average Bonchev–Trinajstić information content (AvgIpc) is 3.51. The Morgan fingerprint density at radius 2 is 1.94 bits per heavy atom. The van der Waals surface area contributed by atoms with E-state index in [0.29, 0.717) is 12.5 Å². The number of aryl methyl sites for hydroxylation is 1. The van der Waals surface area contributed by atoms with Crippen molar-refractivity contribution in [1.29, 1.82) is 0 Å². The molecule has 8 heteroatoms. The van der Waals surface area contributed by atoms with Gasteiger partial charge in [-0.2, -0.15) is 4.72 Å². The summed E-state index contributed by atoms with van der Waals surface area (Å²) in [5.41, 5.74) is 2.36. The summed E-state index contributed by atoms with van der Waals surface area (Å²) in [6.07, 6.45) is 3.64. The molecule has 0 bridgehead atoms. The number of hydrogen-bond acceptors (Lipinski definition) is 5. The third kappa shape index (κ3) is 6.03. The van der Waals surface area contributed by atoms with Crippen LogP contribution in [0.15, 0.2) is 64.9 Å². The summed E-state index contributed by atoms with van der Waals surface area (Å²) in [4.78, 5) is 17.5. The number of carbonyl (C=O) groups is 1. The molecule has 1 aromatic heterocycles. The standard InChI is InChI=1S/C24H27N3O3S2/c1-17-26-23(16-31-17)20-8-5-9-21(15-20)32(29,30)27-22(14-19-6-3-2-4-7-19)24(28)25-13-12-18-10-11-18/h2-9,15-16,18,22,27H,10-14H2,1H3,(H,25,28)/t22-/m0/s1.